The Labute approximate surface area is 132 Å². The molecule has 0 aliphatic rings. The maximum atomic E-state index is 11.3. The molecule has 0 saturated carbocycles. The quantitative estimate of drug-likeness (QED) is 0.859. The molecule has 0 aromatic heterocycles. The minimum Gasteiger partial charge on any atom is -0.387 e. The number of hydrogen-bond acceptors (Lipinski definition) is 3. The summed E-state index contributed by atoms with van der Waals surface area (Å²) in [5.74, 6) is 0. The van der Waals surface area contributed by atoms with Gasteiger partial charge in [0.05, 0.1) is 6.10 Å². The molecule has 2 atom stereocenters. The van der Waals surface area contributed by atoms with Gasteiger partial charge in [0.2, 0.25) is 0 Å². The van der Waals surface area contributed by atoms with E-state index in [0.717, 1.165) is 16.0 Å². The van der Waals surface area contributed by atoms with Crippen molar-refractivity contribution in [1.82, 2.24) is 5.32 Å². The van der Waals surface area contributed by atoms with Crippen LogP contribution in [0.1, 0.15) is 17.2 Å². The van der Waals surface area contributed by atoms with E-state index in [1.807, 2.05) is 42.5 Å². The minimum absolute atomic E-state index is 0.422. The maximum absolute atomic E-state index is 11.3. The number of hydrogen-bond donors (Lipinski definition) is 2. The van der Waals surface area contributed by atoms with Gasteiger partial charge in [-0.3, -0.25) is 4.21 Å². The molecule has 2 rings (SSSR count). The van der Waals surface area contributed by atoms with Crippen molar-refractivity contribution in [3.8, 4) is 0 Å². The molecule has 2 aromatic rings. The van der Waals surface area contributed by atoms with Crippen LogP contribution in [-0.2, 0) is 17.3 Å². The van der Waals surface area contributed by atoms with Crippen molar-refractivity contribution in [3.05, 3.63) is 64.7 Å². The Morgan fingerprint density at radius 1 is 1.19 bits per heavy atom. The molecular weight excluding hydrogens is 306 g/mol. The van der Waals surface area contributed by atoms with Crippen LogP contribution in [-0.4, -0.2) is 22.1 Å². The fourth-order valence-corrected chi connectivity index (χ4v) is 2.79. The van der Waals surface area contributed by atoms with Crippen LogP contribution >= 0.6 is 11.6 Å². The highest BCUT2D eigenvalue weighted by Crippen LogP contribution is 2.21. The highest BCUT2D eigenvalue weighted by atomic mass is 35.5. The molecule has 2 aromatic carbocycles. The summed E-state index contributed by atoms with van der Waals surface area (Å²) in [6.07, 6.45) is 1.02. The Morgan fingerprint density at radius 2 is 1.86 bits per heavy atom. The molecule has 0 bridgehead atoms. The molecule has 2 unspecified atom stereocenters. The summed E-state index contributed by atoms with van der Waals surface area (Å²) in [6.45, 7) is 1.06. The topological polar surface area (TPSA) is 49.3 Å². The van der Waals surface area contributed by atoms with Gasteiger partial charge in [0.1, 0.15) is 0 Å². The Kier molecular flexibility index (Phi) is 5.94. The first-order chi connectivity index (χ1) is 10.1. The molecule has 0 fully saturated rings. The van der Waals surface area contributed by atoms with Crippen molar-refractivity contribution >= 4 is 22.4 Å². The molecule has 2 N–H and O–H groups in total. The van der Waals surface area contributed by atoms with Crippen molar-refractivity contribution in [3.63, 3.8) is 0 Å². The van der Waals surface area contributed by atoms with Gasteiger partial charge in [-0.15, -0.1) is 0 Å². The van der Waals surface area contributed by atoms with E-state index in [-0.39, 0.29) is 0 Å². The lowest BCUT2D eigenvalue weighted by molar-refractivity contribution is 0.174. The zero-order chi connectivity index (χ0) is 15.2. The van der Waals surface area contributed by atoms with E-state index in [1.54, 1.807) is 12.3 Å². The molecule has 0 aliphatic carbocycles. The van der Waals surface area contributed by atoms with Crippen LogP contribution < -0.4 is 5.32 Å². The third-order valence-corrected chi connectivity index (χ3v) is 4.47. The van der Waals surface area contributed by atoms with Crippen molar-refractivity contribution in [1.29, 1.82) is 0 Å². The van der Waals surface area contributed by atoms with Gasteiger partial charge in [-0.05, 0) is 23.8 Å². The van der Waals surface area contributed by atoms with Crippen molar-refractivity contribution < 1.29 is 9.32 Å². The fraction of sp³-hybridized carbons (Fsp3) is 0.250. The molecule has 5 heteroatoms. The summed E-state index contributed by atoms with van der Waals surface area (Å²) in [4.78, 5) is 0.815. The predicted octanol–water partition coefficient (Wildman–Crippen LogP) is 2.90. The van der Waals surface area contributed by atoms with Crippen LogP contribution in [0.2, 0.25) is 5.02 Å². The van der Waals surface area contributed by atoms with Gasteiger partial charge in [-0.25, -0.2) is 0 Å². The number of aliphatic hydroxyl groups is 1. The first-order valence-corrected chi connectivity index (χ1v) is 8.57. The van der Waals surface area contributed by atoms with Gasteiger partial charge < -0.3 is 10.4 Å². The summed E-state index contributed by atoms with van der Waals surface area (Å²) >= 11 is 6.05. The van der Waals surface area contributed by atoms with Gasteiger partial charge >= 0.3 is 0 Å². The lowest BCUT2D eigenvalue weighted by Crippen LogP contribution is -2.21. The molecule has 0 saturated heterocycles. The predicted molar refractivity (Wildman–Crippen MR) is 86.9 cm³/mol. The van der Waals surface area contributed by atoms with E-state index < -0.39 is 16.9 Å². The molecule has 112 valence electrons. The number of halogens is 1. The normalized spacial score (nSPS) is 13.9. The van der Waals surface area contributed by atoms with E-state index in [1.165, 1.54) is 0 Å². The van der Waals surface area contributed by atoms with E-state index in [9.17, 15) is 9.32 Å². The highest BCUT2D eigenvalue weighted by Gasteiger charge is 2.10. The lowest BCUT2D eigenvalue weighted by Gasteiger charge is -2.13. The van der Waals surface area contributed by atoms with E-state index in [0.29, 0.717) is 18.1 Å². The summed E-state index contributed by atoms with van der Waals surface area (Å²) in [5.41, 5.74) is 1.80. The average Bonchev–Trinajstić information content (AvgIpc) is 2.48. The van der Waals surface area contributed by atoms with Crippen LogP contribution in [0, 0.1) is 0 Å². The van der Waals surface area contributed by atoms with E-state index in [4.69, 9.17) is 11.6 Å². The standard InChI is InChI=1S/C16H18ClNO2S/c1-21(20)13-8-6-12(7-9-13)10-18-11-16(19)14-4-2-3-5-15(14)17/h2-9,16,18-19H,10-11H2,1H3. The average molecular weight is 324 g/mol. The van der Waals surface area contributed by atoms with Gasteiger partial charge in [-0.2, -0.15) is 0 Å². The molecule has 21 heavy (non-hydrogen) atoms. The molecule has 0 aliphatic heterocycles. The fourth-order valence-electron chi connectivity index (χ4n) is 2.01. The number of nitrogens with one attached hydrogen (secondary N) is 1. The van der Waals surface area contributed by atoms with Crippen molar-refractivity contribution in [2.24, 2.45) is 0 Å². The van der Waals surface area contributed by atoms with Gasteiger partial charge in [0, 0.05) is 45.6 Å². The first-order valence-electron chi connectivity index (χ1n) is 6.63. The van der Waals surface area contributed by atoms with Gasteiger partial charge in [-0.1, -0.05) is 41.9 Å². The minimum atomic E-state index is -0.953. The third kappa shape index (κ3) is 4.64. The molecule has 0 spiro atoms. The maximum Gasteiger partial charge on any atom is 0.0928 e. The summed E-state index contributed by atoms with van der Waals surface area (Å²) in [6, 6.07) is 14.9. The number of benzene rings is 2. The van der Waals surface area contributed by atoms with E-state index >= 15 is 0 Å². The molecular formula is C16H18ClNO2S. The lowest BCUT2D eigenvalue weighted by atomic mass is 10.1. The summed E-state index contributed by atoms with van der Waals surface area (Å²) in [7, 11) is -0.953. The molecule has 0 radical (unpaired) electrons. The second-order valence-electron chi connectivity index (χ2n) is 4.77. The molecule has 3 nitrogen and oxygen atoms in total. The van der Waals surface area contributed by atoms with Crippen molar-refractivity contribution in [2.75, 3.05) is 12.8 Å². The summed E-state index contributed by atoms with van der Waals surface area (Å²) < 4.78 is 11.3. The molecule has 0 heterocycles. The third-order valence-electron chi connectivity index (χ3n) is 3.19. The van der Waals surface area contributed by atoms with E-state index in [2.05, 4.69) is 5.32 Å². The van der Waals surface area contributed by atoms with Gasteiger partial charge in [0.15, 0.2) is 0 Å². The van der Waals surface area contributed by atoms with Crippen LogP contribution in [0.3, 0.4) is 0 Å². The molecule has 0 amide bonds. The first kappa shape index (κ1) is 16.2. The monoisotopic (exact) mass is 323 g/mol. The Balaban J connectivity index is 1.86. The van der Waals surface area contributed by atoms with Crippen LogP contribution in [0.4, 0.5) is 0 Å². The second-order valence-corrected chi connectivity index (χ2v) is 6.55. The zero-order valence-electron chi connectivity index (χ0n) is 11.8. The Bertz CT molecular complexity index is 616. The Hall–Kier alpha value is -1.20. The zero-order valence-corrected chi connectivity index (χ0v) is 13.3. The van der Waals surface area contributed by atoms with Crippen LogP contribution in [0.5, 0.6) is 0 Å². The number of aliphatic hydroxyl groups excluding tert-OH is 1. The van der Waals surface area contributed by atoms with Gasteiger partial charge in [0.25, 0.3) is 0 Å². The summed E-state index contributed by atoms with van der Waals surface area (Å²) in [5, 5.41) is 13.9. The largest absolute Gasteiger partial charge is 0.387 e. The van der Waals surface area contributed by atoms with Crippen LogP contribution in [0.25, 0.3) is 0 Å². The second kappa shape index (κ2) is 7.71. The highest BCUT2D eigenvalue weighted by molar-refractivity contribution is 7.84. The SMILES string of the molecule is CS(=O)c1ccc(CNCC(O)c2ccccc2Cl)cc1. The smallest absolute Gasteiger partial charge is 0.0928 e. The number of rotatable bonds is 6. The Morgan fingerprint density at radius 3 is 2.48 bits per heavy atom. The van der Waals surface area contributed by atoms with Crippen LogP contribution in [0.15, 0.2) is 53.4 Å². The van der Waals surface area contributed by atoms with Crippen molar-refractivity contribution in [2.45, 2.75) is 17.5 Å².